The van der Waals surface area contributed by atoms with Gasteiger partial charge in [0.2, 0.25) is 0 Å². The van der Waals surface area contributed by atoms with Crippen molar-refractivity contribution in [1.82, 2.24) is 5.43 Å². The quantitative estimate of drug-likeness (QED) is 0.388. The summed E-state index contributed by atoms with van der Waals surface area (Å²) in [4.78, 5) is 22.5. The van der Waals surface area contributed by atoms with Gasteiger partial charge >= 0.3 is 11.8 Å². The highest BCUT2D eigenvalue weighted by Crippen LogP contribution is 2.34. The maximum absolute atomic E-state index is 12.9. The van der Waals surface area contributed by atoms with Gasteiger partial charge in [0.15, 0.2) is 6.10 Å². The molecule has 0 saturated heterocycles. The maximum Gasteiger partial charge on any atom is 0.417 e. The molecule has 6 nitrogen and oxygen atoms in total. The summed E-state index contributed by atoms with van der Waals surface area (Å²) in [5.41, 5.74) is -0.653. The average Bonchev–Trinajstić information content (AvgIpc) is 2.44. The van der Waals surface area contributed by atoms with E-state index in [9.17, 15) is 22.8 Å². The molecular formula is C13H11F3N2O4. The molecule has 0 unspecified atom stereocenters. The second-order valence-electron chi connectivity index (χ2n) is 4.40. The summed E-state index contributed by atoms with van der Waals surface area (Å²) >= 11 is 0. The van der Waals surface area contributed by atoms with Crippen LogP contribution in [0.15, 0.2) is 33.5 Å². The number of alkyl halides is 3. The van der Waals surface area contributed by atoms with Gasteiger partial charge in [-0.1, -0.05) is 0 Å². The van der Waals surface area contributed by atoms with E-state index in [4.69, 9.17) is 15.0 Å². The monoisotopic (exact) mass is 316 g/mol. The van der Waals surface area contributed by atoms with Crippen molar-refractivity contribution in [3.63, 3.8) is 0 Å². The molecule has 0 radical (unpaired) electrons. The molecule has 0 aliphatic carbocycles. The third-order valence-corrected chi connectivity index (χ3v) is 2.85. The fourth-order valence-corrected chi connectivity index (χ4v) is 1.83. The lowest BCUT2D eigenvalue weighted by Gasteiger charge is -2.14. The van der Waals surface area contributed by atoms with Gasteiger partial charge in [-0.25, -0.2) is 10.6 Å². The van der Waals surface area contributed by atoms with E-state index in [0.717, 1.165) is 12.1 Å². The molecule has 1 aromatic heterocycles. The maximum atomic E-state index is 12.9. The van der Waals surface area contributed by atoms with E-state index in [2.05, 4.69) is 0 Å². The number of carbonyl (C=O) groups excluding carboxylic acids is 1. The van der Waals surface area contributed by atoms with E-state index in [1.165, 1.54) is 13.0 Å². The number of amides is 1. The van der Waals surface area contributed by atoms with Crippen molar-refractivity contribution in [2.24, 2.45) is 5.84 Å². The van der Waals surface area contributed by atoms with E-state index < -0.39 is 29.4 Å². The summed E-state index contributed by atoms with van der Waals surface area (Å²) in [6, 6.07) is 3.82. The molecule has 0 fully saturated rings. The van der Waals surface area contributed by atoms with Crippen LogP contribution in [0.25, 0.3) is 11.0 Å². The van der Waals surface area contributed by atoms with Crippen molar-refractivity contribution in [2.75, 3.05) is 0 Å². The predicted molar refractivity (Wildman–Crippen MR) is 69.9 cm³/mol. The zero-order valence-electron chi connectivity index (χ0n) is 11.2. The van der Waals surface area contributed by atoms with Crippen LogP contribution in [0.4, 0.5) is 13.2 Å². The van der Waals surface area contributed by atoms with Crippen molar-refractivity contribution < 1.29 is 27.1 Å². The molecule has 9 heteroatoms. The highest BCUT2D eigenvalue weighted by atomic mass is 19.4. The third kappa shape index (κ3) is 3.19. The number of hydrogen-bond donors (Lipinski definition) is 2. The first-order valence-corrected chi connectivity index (χ1v) is 6.04. The molecule has 1 atom stereocenters. The number of fused-ring (bicyclic) bond motifs is 1. The van der Waals surface area contributed by atoms with Gasteiger partial charge < -0.3 is 9.15 Å². The number of benzene rings is 1. The van der Waals surface area contributed by atoms with Crippen LogP contribution in [0.1, 0.15) is 12.5 Å². The van der Waals surface area contributed by atoms with Crippen LogP contribution >= 0.6 is 0 Å². The number of nitrogens with one attached hydrogen (secondary N) is 1. The SMILES string of the molecule is C[C@H](Oc1ccc2c(C(F)(F)F)cc(=O)oc2c1)C(=O)NN. The Morgan fingerprint density at radius 3 is 2.64 bits per heavy atom. The van der Waals surface area contributed by atoms with Gasteiger partial charge in [0.1, 0.15) is 11.3 Å². The Morgan fingerprint density at radius 2 is 2.05 bits per heavy atom. The Bertz CT molecular complexity index is 770. The molecule has 0 aliphatic heterocycles. The zero-order chi connectivity index (χ0) is 16.5. The Labute approximate surface area is 121 Å². The smallest absolute Gasteiger partial charge is 0.417 e. The van der Waals surface area contributed by atoms with Crippen LogP contribution in [-0.4, -0.2) is 12.0 Å². The van der Waals surface area contributed by atoms with Crippen molar-refractivity contribution in [2.45, 2.75) is 19.2 Å². The molecule has 3 N–H and O–H groups in total. The van der Waals surface area contributed by atoms with E-state index in [1.807, 2.05) is 5.43 Å². The Balaban J connectivity index is 2.48. The van der Waals surface area contributed by atoms with Gasteiger partial charge in [0.05, 0.1) is 5.56 Å². The van der Waals surface area contributed by atoms with Gasteiger partial charge in [-0.05, 0) is 19.1 Å². The predicted octanol–water partition coefficient (Wildman–Crippen LogP) is 1.57. The topological polar surface area (TPSA) is 94.6 Å². The number of halogens is 3. The fraction of sp³-hybridized carbons (Fsp3) is 0.231. The number of carbonyl (C=O) groups is 1. The number of nitrogens with two attached hydrogens (primary N) is 1. The molecule has 2 rings (SSSR count). The summed E-state index contributed by atoms with van der Waals surface area (Å²) < 4.78 is 48.6. The van der Waals surface area contributed by atoms with Gasteiger partial charge in [0.25, 0.3) is 5.91 Å². The van der Waals surface area contributed by atoms with E-state index in [0.29, 0.717) is 6.07 Å². The van der Waals surface area contributed by atoms with Gasteiger partial charge in [0, 0.05) is 17.5 Å². The molecule has 2 aromatic rings. The van der Waals surface area contributed by atoms with Crippen LogP contribution in [0.5, 0.6) is 5.75 Å². The van der Waals surface area contributed by atoms with Gasteiger partial charge in [-0.2, -0.15) is 13.2 Å². The molecule has 22 heavy (non-hydrogen) atoms. The number of rotatable bonds is 3. The number of hydrogen-bond acceptors (Lipinski definition) is 5. The van der Waals surface area contributed by atoms with E-state index in [-0.39, 0.29) is 16.7 Å². The lowest BCUT2D eigenvalue weighted by molar-refractivity contribution is -0.136. The minimum Gasteiger partial charge on any atom is -0.481 e. The van der Waals surface area contributed by atoms with Crippen molar-refractivity contribution >= 4 is 16.9 Å². The van der Waals surface area contributed by atoms with Crippen LogP contribution in [0.3, 0.4) is 0 Å². The first-order chi connectivity index (χ1) is 10.2. The second-order valence-corrected chi connectivity index (χ2v) is 4.40. The average molecular weight is 316 g/mol. The molecule has 1 amide bonds. The summed E-state index contributed by atoms with van der Waals surface area (Å²) in [5.74, 6) is 4.38. The largest absolute Gasteiger partial charge is 0.481 e. The first-order valence-electron chi connectivity index (χ1n) is 6.04. The molecule has 118 valence electrons. The molecule has 0 spiro atoms. The minimum absolute atomic E-state index is 0.0612. The number of hydrazine groups is 1. The fourth-order valence-electron chi connectivity index (χ4n) is 1.83. The number of ether oxygens (including phenoxy) is 1. The Kier molecular flexibility index (Phi) is 4.09. The summed E-state index contributed by atoms with van der Waals surface area (Å²) in [6.45, 7) is 1.40. The van der Waals surface area contributed by atoms with Crippen LogP contribution < -0.4 is 21.6 Å². The second kappa shape index (κ2) is 5.68. The van der Waals surface area contributed by atoms with Gasteiger partial charge in [-0.3, -0.25) is 10.2 Å². The van der Waals surface area contributed by atoms with Crippen molar-refractivity contribution in [1.29, 1.82) is 0 Å². The summed E-state index contributed by atoms with van der Waals surface area (Å²) in [6.07, 6.45) is -5.66. The zero-order valence-corrected chi connectivity index (χ0v) is 11.2. The van der Waals surface area contributed by atoms with E-state index in [1.54, 1.807) is 0 Å². The van der Waals surface area contributed by atoms with Gasteiger partial charge in [-0.15, -0.1) is 0 Å². The lowest BCUT2D eigenvalue weighted by Crippen LogP contribution is -2.40. The lowest BCUT2D eigenvalue weighted by atomic mass is 10.1. The van der Waals surface area contributed by atoms with Crippen molar-refractivity contribution in [3.8, 4) is 5.75 Å². The third-order valence-electron chi connectivity index (χ3n) is 2.85. The molecular weight excluding hydrogens is 305 g/mol. The molecule has 0 bridgehead atoms. The molecule has 1 heterocycles. The van der Waals surface area contributed by atoms with Crippen LogP contribution in [0.2, 0.25) is 0 Å². The summed E-state index contributed by atoms with van der Waals surface area (Å²) in [7, 11) is 0. The highest BCUT2D eigenvalue weighted by Gasteiger charge is 2.33. The summed E-state index contributed by atoms with van der Waals surface area (Å²) in [5, 5.41) is -0.282. The normalized spacial score (nSPS) is 13.0. The van der Waals surface area contributed by atoms with Crippen molar-refractivity contribution in [3.05, 3.63) is 40.2 Å². The minimum atomic E-state index is -4.69. The molecule has 1 aromatic carbocycles. The highest BCUT2D eigenvalue weighted by molar-refractivity contribution is 5.83. The molecule has 0 aliphatic rings. The first kappa shape index (κ1) is 15.8. The Hall–Kier alpha value is -2.55. The standard InChI is InChI=1S/C13H11F3N2O4/c1-6(12(20)18-17)21-7-2-3-8-9(13(14,15)16)5-11(19)22-10(8)4-7/h2-6H,17H2,1H3,(H,18,20)/t6-/m0/s1. The van der Waals surface area contributed by atoms with Crippen LogP contribution in [-0.2, 0) is 11.0 Å². The Morgan fingerprint density at radius 1 is 1.36 bits per heavy atom. The molecule has 0 saturated carbocycles. The van der Waals surface area contributed by atoms with E-state index >= 15 is 0 Å². The van der Waals surface area contributed by atoms with Crippen LogP contribution in [0, 0.1) is 0 Å².